The minimum Gasteiger partial charge on any atom is -0.493 e. The molecule has 0 aliphatic rings. The van der Waals surface area contributed by atoms with Gasteiger partial charge in [0, 0.05) is 11.8 Å². The topological polar surface area (TPSA) is 81.7 Å². The van der Waals surface area contributed by atoms with Crippen molar-refractivity contribution in [2.45, 2.75) is 11.5 Å². The van der Waals surface area contributed by atoms with Crippen molar-refractivity contribution < 1.29 is 31.5 Å². The van der Waals surface area contributed by atoms with Crippen molar-refractivity contribution in [2.24, 2.45) is 0 Å². The lowest BCUT2D eigenvalue weighted by atomic mass is 10.2. The molecule has 0 radical (unpaired) electrons. The highest BCUT2D eigenvalue weighted by Gasteiger charge is 2.16. The zero-order chi connectivity index (χ0) is 19.5. The maximum Gasteiger partial charge on any atom is 0.387 e. The number of benzene rings is 2. The summed E-state index contributed by atoms with van der Waals surface area (Å²) in [6.45, 7) is -3.04. The molecule has 2 rings (SSSR count). The lowest BCUT2D eigenvalue weighted by Crippen LogP contribution is -2.13. The Labute approximate surface area is 153 Å². The molecule has 0 aliphatic carbocycles. The highest BCUT2D eigenvalue weighted by atomic mass is 35.5. The van der Waals surface area contributed by atoms with Crippen LogP contribution in [-0.2, 0) is 9.84 Å². The summed E-state index contributed by atoms with van der Waals surface area (Å²) in [4.78, 5) is 12.3. The number of hydrogen-bond acceptors (Lipinski definition) is 5. The standard InChI is InChI=1S/C16H14ClF2NO5S/c1-24-14-7-9(3-6-13(14)25-16(18)19)15(21)20-12-8-10(26(2,22)23)4-5-11(12)17/h3-8,16H,1-2H3,(H,20,21). The Hall–Kier alpha value is -2.39. The van der Waals surface area contributed by atoms with Crippen molar-refractivity contribution in [3.63, 3.8) is 0 Å². The van der Waals surface area contributed by atoms with E-state index in [0.29, 0.717) is 0 Å². The molecule has 0 bridgehead atoms. The van der Waals surface area contributed by atoms with Gasteiger partial charge in [-0.2, -0.15) is 8.78 Å². The number of rotatable bonds is 6. The van der Waals surface area contributed by atoms with Gasteiger partial charge in [0.05, 0.1) is 22.7 Å². The van der Waals surface area contributed by atoms with Crippen LogP contribution < -0.4 is 14.8 Å². The second-order valence-corrected chi connectivity index (χ2v) is 7.54. The van der Waals surface area contributed by atoms with Gasteiger partial charge in [0.15, 0.2) is 21.3 Å². The molecule has 0 saturated heterocycles. The first-order valence-electron chi connectivity index (χ1n) is 7.05. The Morgan fingerprint density at radius 1 is 1.15 bits per heavy atom. The number of halogens is 3. The number of nitrogens with one attached hydrogen (secondary N) is 1. The van der Waals surface area contributed by atoms with Crippen LogP contribution in [0.5, 0.6) is 11.5 Å². The highest BCUT2D eigenvalue weighted by molar-refractivity contribution is 7.90. The third-order valence-electron chi connectivity index (χ3n) is 3.26. The van der Waals surface area contributed by atoms with Crippen molar-refractivity contribution in [3.8, 4) is 11.5 Å². The summed E-state index contributed by atoms with van der Waals surface area (Å²) in [5.74, 6) is -0.926. The largest absolute Gasteiger partial charge is 0.493 e. The van der Waals surface area contributed by atoms with E-state index >= 15 is 0 Å². The molecule has 0 unspecified atom stereocenters. The van der Waals surface area contributed by atoms with Crippen LogP contribution in [0.25, 0.3) is 0 Å². The fourth-order valence-corrected chi connectivity index (χ4v) is 2.84. The minimum atomic E-state index is -3.49. The van der Waals surface area contributed by atoms with E-state index in [1.165, 1.54) is 37.4 Å². The zero-order valence-corrected chi connectivity index (χ0v) is 15.2. The summed E-state index contributed by atoms with van der Waals surface area (Å²) in [5.41, 5.74) is 0.163. The number of amides is 1. The van der Waals surface area contributed by atoms with Crippen molar-refractivity contribution >= 4 is 33.0 Å². The zero-order valence-electron chi connectivity index (χ0n) is 13.6. The predicted octanol–water partition coefficient (Wildman–Crippen LogP) is 3.61. The van der Waals surface area contributed by atoms with Gasteiger partial charge >= 0.3 is 6.61 Å². The smallest absolute Gasteiger partial charge is 0.387 e. The number of ether oxygens (including phenoxy) is 2. The minimum absolute atomic E-state index is 0.0181. The van der Waals surface area contributed by atoms with Crippen LogP contribution in [0.4, 0.5) is 14.5 Å². The summed E-state index contributed by atoms with van der Waals surface area (Å²) in [5, 5.41) is 2.61. The third-order valence-corrected chi connectivity index (χ3v) is 4.70. The van der Waals surface area contributed by atoms with Gasteiger partial charge in [0.2, 0.25) is 0 Å². The molecule has 2 aromatic rings. The maximum absolute atomic E-state index is 12.4. The van der Waals surface area contributed by atoms with E-state index in [9.17, 15) is 22.0 Å². The quantitative estimate of drug-likeness (QED) is 0.794. The van der Waals surface area contributed by atoms with Gasteiger partial charge in [-0.3, -0.25) is 4.79 Å². The van der Waals surface area contributed by atoms with E-state index < -0.39 is 22.4 Å². The van der Waals surface area contributed by atoms with Crippen molar-refractivity contribution in [2.75, 3.05) is 18.7 Å². The molecule has 0 atom stereocenters. The number of sulfone groups is 1. The molecular weight excluding hydrogens is 392 g/mol. The molecule has 0 saturated carbocycles. The number of carbonyl (C=O) groups excluding carboxylic acids is 1. The van der Waals surface area contributed by atoms with Gasteiger partial charge in [-0.15, -0.1) is 0 Å². The predicted molar refractivity (Wildman–Crippen MR) is 92.1 cm³/mol. The second kappa shape index (κ2) is 7.88. The Bertz CT molecular complexity index is 934. The first kappa shape index (κ1) is 19.9. The molecule has 0 aromatic heterocycles. The average molecular weight is 406 g/mol. The molecule has 1 amide bonds. The Morgan fingerprint density at radius 2 is 1.85 bits per heavy atom. The molecule has 140 valence electrons. The van der Waals surface area contributed by atoms with E-state index in [1.807, 2.05) is 0 Å². The number of alkyl halides is 2. The van der Waals surface area contributed by atoms with E-state index in [-0.39, 0.29) is 32.7 Å². The van der Waals surface area contributed by atoms with Gasteiger partial charge in [0.25, 0.3) is 5.91 Å². The lowest BCUT2D eigenvalue weighted by Gasteiger charge is -2.12. The normalized spacial score (nSPS) is 11.3. The van der Waals surface area contributed by atoms with E-state index in [0.717, 1.165) is 12.3 Å². The number of anilines is 1. The van der Waals surface area contributed by atoms with Crippen LogP contribution in [0.3, 0.4) is 0 Å². The van der Waals surface area contributed by atoms with Gasteiger partial charge in [0.1, 0.15) is 0 Å². The van der Waals surface area contributed by atoms with Crippen LogP contribution in [0, 0.1) is 0 Å². The molecule has 10 heteroatoms. The van der Waals surface area contributed by atoms with Crippen LogP contribution in [0.2, 0.25) is 5.02 Å². The van der Waals surface area contributed by atoms with Gasteiger partial charge in [-0.25, -0.2) is 8.42 Å². The van der Waals surface area contributed by atoms with Crippen molar-refractivity contribution in [1.29, 1.82) is 0 Å². The fourth-order valence-electron chi connectivity index (χ4n) is 2.03. The molecule has 0 heterocycles. The molecular formula is C16H14ClF2NO5S. The van der Waals surface area contributed by atoms with Crippen molar-refractivity contribution in [1.82, 2.24) is 0 Å². The molecule has 6 nitrogen and oxygen atoms in total. The van der Waals surface area contributed by atoms with Crippen molar-refractivity contribution in [3.05, 3.63) is 47.0 Å². The fraction of sp³-hybridized carbons (Fsp3) is 0.188. The SMILES string of the molecule is COc1cc(C(=O)Nc2cc(S(C)(=O)=O)ccc2Cl)ccc1OC(F)F. The summed E-state index contributed by atoms with van der Waals surface area (Å²) in [6, 6.07) is 7.50. The number of carbonyl (C=O) groups is 1. The molecule has 0 aliphatic heterocycles. The average Bonchev–Trinajstić information content (AvgIpc) is 2.55. The first-order valence-corrected chi connectivity index (χ1v) is 9.32. The van der Waals surface area contributed by atoms with Crippen LogP contribution in [-0.4, -0.2) is 34.3 Å². The lowest BCUT2D eigenvalue weighted by molar-refractivity contribution is -0.0512. The summed E-state index contributed by atoms with van der Waals surface area (Å²) < 4.78 is 57.1. The van der Waals surface area contributed by atoms with Gasteiger partial charge < -0.3 is 14.8 Å². The highest BCUT2D eigenvalue weighted by Crippen LogP contribution is 2.30. The van der Waals surface area contributed by atoms with Gasteiger partial charge in [-0.05, 0) is 36.4 Å². The monoisotopic (exact) mass is 405 g/mol. The maximum atomic E-state index is 12.4. The first-order chi connectivity index (χ1) is 12.1. The molecule has 2 aromatic carbocycles. The summed E-state index contributed by atoms with van der Waals surface area (Å²) in [7, 11) is -2.25. The van der Waals surface area contributed by atoms with E-state index in [1.54, 1.807) is 0 Å². The Kier molecular flexibility index (Phi) is 6.04. The molecule has 26 heavy (non-hydrogen) atoms. The van der Waals surface area contributed by atoms with Crippen LogP contribution in [0.1, 0.15) is 10.4 Å². The Balaban J connectivity index is 2.30. The Morgan fingerprint density at radius 3 is 2.42 bits per heavy atom. The molecule has 1 N–H and O–H groups in total. The van der Waals surface area contributed by atoms with Gasteiger partial charge in [-0.1, -0.05) is 11.6 Å². The number of hydrogen-bond donors (Lipinski definition) is 1. The second-order valence-electron chi connectivity index (χ2n) is 5.11. The van der Waals surface area contributed by atoms with E-state index in [4.69, 9.17) is 16.3 Å². The third kappa shape index (κ3) is 4.83. The van der Waals surface area contributed by atoms with E-state index in [2.05, 4.69) is 10.1 Å². The number of methoxy groups -OCH3 is 1. The molecule has 0 fully saturated rings. The van der Waals surface area contributed by atoms with Crippen LogP contribution >= 0.6 is 11.6 Å². The van der Waals surface area contributed by atoms with Crippen LogP contribution in [0.15, 0.2) is 41.3 Å². The summed E-state index contributed by atoms with van der Waals surface area (Å²) >= 11 is 5.98. The molecule has 0 spiro atoms. The summed E-state index contributed by atoms with van der Waals surface area (Å²) in [6.07, 6.45) is 1.02.